The number of hydrogen-bond acceptors (Lipinski definition) is 12. The number of aromatic nitrogens is 1. The van der Waals surface area contributed by atoms with Gasteiger partial charge in [0, 0.05) is 69.5 Å². The van der Waals surface area contributed by atoms with Crippen molar-refractivity contribution in [1.82, 2.24) is 14.8 Å². The van der Waals surface area contributed by atoms with Gasteiger partial charge >= 0.3 is 0 Å². The molecule has 0 spiro atoms. The molecule has 0 amide bonds. The average Bonchev–Trinajstić information content (AvgIpc) is 3.09. The van der Waals surface area contributed by atoms with Gasteiger partial charge in [-0.3, -0.25) is 9.88 Å². The minimum absolute atomic E-state index is 0.344. The van der Waals surface area contributed by atoms with Crippen LogP contribution in [0.15, 0.2) is 30.5 Å². The van der Waals surface area contributed by atoms with E-state index in [9.17, 15) is 5.26 Å². The highest BCUT2D eigenvalue weighted by Gasteiger charge is 2.18. The van der Waals surface area contributed by atoms with Gasteiger partial charge in [0.05, 0.1) is 93.0 Å². The molecule has 12 nitrogen and oxygen atoms in total. The van der Waals surface area contributed by atoms with Crippen LogP contribution < -0.4 is 25.3 Å². The fourth-order valence-corrected chi connectivity index (χ4v) is 5.64. The van der Waals surface area contributed by atoms with Crippen LogP contribution >= 0.6 is 23.2 Å². The first kappa shape index (κ1) is 36.7. The van der Waals surface area contributed by atoms with Gasteiger partial charge in [-0.2, -0.15) is 5.26 Å². The molecule has 1 saturated heterocycles. The van der Waals surface area contributed by atoms with Crippen LogP contribution in [0.4, 0.5) is 11.4 Å². The lowest BCUT2D eigenvalue weighted by Gasteiger charge is -2.34. The van der Waals surface area contributed by atoms with E-state index < -0.39 is 0 Å². The number of benzene rings is 2. The molecule has 0 unspecified atom stereocenters. The molecule has 2 heterocycles. The summed E-state index contributed by atoms with van der Waals surface area (Å²) >= 11 is 12.7. The van der Waals surface area contributed by atoms with E-state index >= 15 is 0 Å². The summed E-state index contributed by atoms with van der Waals surface area (Å²) < 4.78 is 33.7. The Morgan fingerprint density at radius 1 is 0.809 bits per heavy atom. The highest BCUT2D eigenvalue weighted by atomic mass is 35.5. The van der Waals surface area contributed by atoms with Crippen LogP contribution in [-0.4, -0.2) is 121 Å². The highest BCUT2D eigenvalue weighted by Crippen LogP contribution is 2.40. The quantitative estimate of drug-likeness (QED) is 0.161. The number of methoxy groups -OCH3 is 2. The third-order valence-corrected chi connectivity index (χ3v) is 8.28. The molecule has 47 heavy (non-hydrogen) atoms. The summed E-state index contributed by atoms with van der Waals surface area (Å²) in [7, 11) is 3.11. The first-order chi connectivity index (χ1) is 23.0. The normalized spacial score (nSPS) is 13.9. The summed E-state index contributed by atoms with van der Waals surface area (Å²) in [5.41, 5.74) is 7.44. The van der Waals surface area contributed by atoms with E-state index in [0.717, 1.165) is 45.7 Å². The van der Waals surface area contributed by atoms with Crippen LogP contribution in [0.2, 0.25) is 10.0 Å². The number of halogens is 2. The Morgan fingerprint density at radius 3 is 2.13 bits per heavy atom. The fourth-order valence-electron chi connectivity index (χ4n) is 5.13. The summed E-state index contributed by atoms with van der Waals surface area (Å²) in [5.74, 6) is 1.58. The van der Waals surface area contributed by atoms with Crippen molar-refractivity contribution in [3.63, 3.8) is 0 Å². The number of nitrogens with zero attached hydrogens (tertiary/aromatic N) is 4. The molecule has 1 aromatic heterocycles. The average molecular weight is 692 g/mol. The Kier molecular flexibility index (Phi) is 15.3. The van der Waals surface area contributed by atoms with Gasteiger partial charge in [0.1, 0.15) is 11.8 Å². The number of nitrogens with two attached hydrogens (primary N) is 1. The van der Waals surface area contributed by atoms with Gasteiger partial charge in [-0.15, -0.1) is 0 Å². The zero-order valence-electron chi connectivity index (χ0n) is 27.1. The smallest absolute Gasteiger partial charge is 0.163 e. The van der Waals surface area contributed by atoms with Gasteiger partial charge in [-0.1, -0.05) is 23.2 Å². The molecule has 0 saturated carbocycles. The van der Waals surface area contributed by atoms with Crippen molar-refractivity contribution in [1.29, 1.82) is 5.26 Å². The van der Waals surface area contributed by atoms with Crippen molar-refractivity contribution in [2.45, 2.75) is 6.42 Å². The van der Waals surface area contributed by atoms with Crippen molar-refractivity contribution < 1.29 is 28.4 Å². The molecule has 14 heteroatoms. The SMILES string of the molecule is COc1cc(Nc2c(C#N)cnc3cc(OCCCN4CCN(CCOCCOCCOCCN)CC4)c(OC)cc23)c(Cl)cc1Cl. The maximum atomic E-state index is 9.83. The molecule has 2 aromatic carbocycles. The van der Waals surface area contributed by atoms with Crippen molar-refractivity contribution in [3.05, 3.63) is 46.1 Å². The zero-order valence-corrected chi connectivity index (χ0v) is 28.6. The van der Waals surface area contributed by atoms with E-state index in [0.29, 0.717) is 108 Å². The molecule has 1 aliphatic heterocycles. The number of hydrogen-bond donors (Lipinski definition) is 2. The molecule has 0 aliphatic carbocycles. The van der Waals surface area contributed by atoms with Gasteiger partial charge in [0.25, 0.3) is 0 Å². The monoisotopic (exact) mass is 690 g/mol. The first-order valence-corrected chi connectivity index (χ1v) is 16.4. The van der Waals surface area contributed by atoms with E-state index in [1.54, 1.807) is 19.2 Å². The van der Waals surface area contributed by atoms with E-state index in [1.165, 1.54) is 13.3 Å². The number of fused-ring (bicyclic) bond motifs is 1. The van der Waals surface area contributed by atoms with E-state index in [4.69, 9.17) is 57.4 Å². The minimum Gasteiger partial charge on any atom is -0.495 e. The van der Waals surface area contributed by atoms with Crippen LogP contribution in [0.25, 0.3) is 10.9 Å². The van der Waals surface area contributed by atoms with Crippen molar-refractivity contribution in [2.24, 2.45) is 5.73 Å². The summed E-state index contributed by atoms with van der Waals surface area (Å²) in [6, 6.07) is 9.12. The van der Waals surface area contributed by atoms with Crippen molar-refractivity contribution >= 4 is 45.5 Å². The molecular weight excluding hydrogens is 647 g/mol. The summed E-state index contributed by atoms with van der Waals surface area (Å²) in [4.78, 5) is 9.40. The first-order valence-electron chi connectivity index (χ1n) is 15.7. The summed E-state index contributed by atoms with van der Waals surface area (Å²) in [6.45, 7) is 10.5. The minimum atomic E-state index is 0.344. The zero-order chi connectivity index (χ0) is 33.4. The van der Waals surface area contributed by atoms with Crippen molar-refractivity contribution in [2.75, 3.05) is 112 Å². The number of anilines is 2. The van der Waals surface area contributed by atoms with Gasteiger partial charge in [0.15, 0.2) is 11.5 Å². The largest absolute Gasteiger partial charge is 0.495 e. The molecule has 0 bridgehead atoms. The molecule has 0 atom stereocenters. The number of ether oxygens (including phenoxy) is 6. The molecule has 4 rings (SSSR count). The Bertz CT molecular complexity index is 1470. The van der Waals surface area contributed by atoms with Crippen molar-refractivity contribution in [3.8, 4) is 23.3 Å². The molecule has 0 radical (unpaired) electrons. The Labute approximate surface area is 286 Å². The van der Waals surface area contributed by atoms with E-state index in [-0.39, 0.29) is 0 Å². The number of nitrogens with one attached hydrogen (secondary N) is 1. The lowest BCUT2D eigenvalue weighted by atomic mass is 10.1. The number of pyridine rings is 1. The third kappa shape index (κ3) is 11.0. The molecular formula is C33H44Cl2N6O6. The van der Waals surface area contributed by atoms with Gasteiger partial charge in [-0.25, -0.2) is 0 Å². The maximum Gasteiger partial charge on any atom is 0.163 e. The van der Waals surface area contributed by atoms with Crippen LogP contribution in [0.3, 0.4) is 0 Å². The summed E-state index contributed by atoms with van der Waals surface area (Å²) in [5, 5.41) is 14.5. The topological polar surface area (TPSA) is 137 Å². The molecule has 1 fully saturated rings. The maximum absolute atomic E-state index is 9.83. The summed E-state index contributed by atoms with van der Waals surface area (Å²) in [6.07, 6.45) is 2.39. The van der Waals surface area contributed by atoms with Crippen LogP contribution in [-0.2, 0) is 14.2 Å². The van der Waals surface area contributed by atoms with Crippen LogP contribution in [0, 0.1) is 11.3 Å². The number of piperazine rings is 1. The van der Waals surface area contributed by atoms with Crippen LogP contribution in [0.5, 0.6) is 17.2 Å². The van der Waals surface area contributed by atoms with E-state index in [2.05, 4.69) is 26.2 Å². The standard InChI is InChI=1S/C33H44Cl2N6O6/c1-42-30-21-29(26(34)19-27(30)35)39-33-24(22-37)23-38-28-20-32(31(43-2)18-25(28)33)47-11-3-5-40-6-8-41(9-7-40)10-13-45-15-17-46-16-14-44-12-4-36/h18-21,23H,3-17,36H2,1-2H3,(H,38,39). The second kappa shape index (κ2) is 19.6. The van der Waals surface area contributed by atoms with Crippen LogP contribution in [0.1, 0.15) is 12.0 Å². The number of nitriles is 1. The third-order valence-electron chi connectivity index (χ3n) is 7.67. The molecule has 3 aromatic rings. The lowest BCUT2D eigenvalue weighted by molar-refractivity contribution is 0.00898. The predicted molar refractivity (Wildman–Crippen MR) is 184 cm³/mol. The Balaban J connectivity index is 1.23. The Morgan fingerprint density at radius 2 is 1.47 bits per heavy atom. The van der Waals surface area contributed by atoms with Gasteiger partial charge in [0.2, 0.25) is 0 Å². The number of rotatable bonds is 20. The molecule has 256 valence electrons. The van der Waals surface area contributed by atoms with E-state index in [1.807, 2.05) is 12.1 Å². The second-order valence-electron chi connectivity index (χ2n) is 10.8. The Hall–Kier alpha value is -3.12. The predicted octanol–water partition coefficient (Wildman–Crippen LogP) is 4.57. The highest BCUT2D eigenvalue weighted by molar-refractivity contribution is 6.37. The van der Waals surface area contributed by atoms with Gasteiger partial charge < -0.3 is 44.4 Å². The molecule has 3 N–H and O–H groups in total. The van der Waals surface area contributed by atoms with Gasteiger partial charge in [-0.05, 0) is 18.6 Å². The second-order valence-corrected chi connectivity index (χ2v) is 11.6. The molecule has 1 aliphatic rings. The lowest BCUT2D eigenvalue weighted by Crippen LogP contribution is -2.47. The fraction of sp³-hybridized carbons (Fsp3) is 0.515.